The number of thiol groups is 1. The predicted octanol–water partition coefficient (Wildman–Crippen LogP) is -0.919. The van der Waals surface area contributed by atoms with E-state index in [9.17, 15) is 10.2 Å². The smallest absolute Gasteiger partial charge is 0.242 e. The molecule has 1 saturated heterocycles. The number of nitrogens with zero attached hydrogens (tertiary/aromatic N) is 4. The molecule has 19 heavy (non-hydrogen) atoms. The Morgan fingerprint density at radius 3 is 2.84 bits per heavy atom. The molecule has 3 N–H and O–H groups in total. The Morgan fingerprint density at radius 1 is 1.37 bits per heavy atom. The zero-order valence-electron chi connectivity index (χ0n) is 9.66. The number of aromatic nitrogens is 4. The van der Waals surface area contributed by atoms with Gasteiger partial charge in [-0.3, -0.25) is 4.57 Å². The van der Waals surface area contributed by atoms with Crippen LogP contribution in [0.3, 0.4) is 0 Å². The maximum Gasteiger partial charge on any atom is 0.242 e. The van der Waals surface area contributed by atoms with Gasteiger partial charge in [-0.05, 0) is 0 Å². The number of ether oxygens (including phenoxy) is 1. The fourth-order valence-electron chi connectivity index (χ4n) is 2.14. The summed E-state index contributed by atoms with van der Waals surface area (Å²) in [5, 5.41) is 28.0. The van der Waals surface area contributed by atoms with Crippen LogP contribution in [0.5, 0.6) is 5.88 Å². The number of aliphatic hydroxyl groups excluding tert-OH is 2. The first-order chi connectivity index (χ1) is 9.13. The molecule has 8 nitrogen and oxygen atoms in total. The van der Waals surface area contributed by atoms with Crippen molar-refractivity contribution in [3.05, 3.63) is 12.7 Å². The lowest BCUT2D eigenvalue weighted by molar-refractivity contribution is -0.0430. The number of aromatic hydroxyl groups is 1. The van der Waals surface area contributed by atoms with Gasteiger partial charge in [0.1, 0.15) is 12.4 Å². The summed E-state index contributed by atoms with van der Waals surface area (Å²) in [6.45, 7) is -0.304. The van der Waals surface area contributed by atoms with Crippen LogP contribution >= 0.6 is 12.6 Å². The lowest BCUT2D eigenvalue weighted by Crippen LogP contribution is -2.30. The lowest BCUT2D eigenvalue weighted by atomic mass is 10.2. The molecule has 0 aromatic carbocycles. The minimum absolute atomic E-state index is 0.225. The van der Waals surface area contributed by atoms with Crippen LogP contribution < -0.4 is 0 Å². The van der Waals surface area contributed by atoms with Crippen LogP contribution in [0.15, 0.2) is 12.7 Å². The molecule has 0 unspecified atom stereocenters. The maximum absolute atomic E-state index is 9.88. The summed E-state index contributed by atoms with van der Waals surface area (Å²) in [4.78, 5) is 11.7. The summed E-state index contributed by atoms with van der Waals surface area (Å²) in [5.41, 5.74) is 0.621. The molecule has 0 bridgehead atoms. The van der Waals surface area contributed by atoms with Gasteiger partial charge in [0.2, 0.25) is 5.88 Å². The molecule has 9 heteroatoms. The zero-order chi connectivity index (χ0) is 13.6. The number of aliphatic hydroxyl groups is 2. The molecule has 3 heterocycles. The quantitative estimate of drug-likeness (QED) is 0.527. The third kappa shape index (κ3) is 1.86. The second kappa shape index (κ2) is 4.60. The van der Waals surface area contributed by atoms with Crippen LogP contribution in [0.25, 0.3) is 11.2 Å². The van der Waals surface area contributed by atoms with Gasteiger partial charge in [0.05, 0.1) is 24.3 Å². The van der Waals surface area contributed by atoms with Crippen molar-refractivity contribution in [3.63, 3.8) is 0 Å². The summed E-state index contributed by atoms with van der Waals surface area (Å²) in [5.74, 6) is -0.225. The van der Waals surface area contributed by atoms with E-state index in [0.29, 0.717) is 5.65 Å². The molecular weight excluding hydrogens is 272 g/mol. The van der Waals surface area contributed by atoms with E-state index in [-0.39, 0.29) is 18.0 Å². The fraction of sp³-hybridized carbons (Fsp3) is 0.500. The average molecular weight is 284 g/mol. The summed E-state index contributed by atoms with van der Waals surface area (Å²) in [6, 6.07) is 0. The minimum atomic E-state index is -0.897. The van der Waals surface area contributed by atoms with Crippen LogP contribution in [-0.4, -0.2) is 58.9 Å². The molecule has 102 valence electrons. The molecule has 1 aliphatic heterocycles. The molecule has 0 radical (unpaired) electrons. The monoisotopic (exact) mass is 284 g/mol. The van der Waals surface area contributed by atoms with Gasteiger partial charge in [0.15, 0.2) is 17.4 Å². The van der Waals surface area contributed by atoms with E-state index in [1.165, 1.54) is 12.7 Å². The van der Waals surface area contributed by atoms with Gasteiger partial charge >= 0.3 is 0 Å². The SMILES string of the molecule is OC[C@H]1O[C@@H](n2cnc3c(O)ncnc32)[C@H](S)[C@@H]1O. The summed E-state index contributed by atoms with van der Waals surface area (Å²) < 4.78 is 7.08. The van der Waals surface area contributed by atoms with Crippen molar-refractivity contribution in [2.75, 3.05) is 6.61 Å². The second-order valence-electron chi connectivity index (χ2n) is 4.25. The molecule has 0 aliphatic carbocycles. The van der Waals surface area contributed by atoms with Crippen LogP contribution in [-0.2, 0) is 4.74 Å². The van der Waals surface area contributed by atoms with E-state index in [0.717, 1.165) is 0 Å². The first-order valence-corrected chi connectivity index (χ1v) is 6.14. The van der Waals surface area contributed by atoms with Gasteiger partial charge in [-0.2, -0.15) is 17.6 Å². The molecule has 0 amide bonds. The lowest BCUT2D eigenvalue weighted by Gasteiger charge is -2.16. The first-order valence-electron chi connectivity index (χ1n) is 5.62. The normalized spacial score (nSPS) is 31.1. The molecule has 3 rings (SSSR count). The van der Waals surface area contributed by atoms with Gasteiger partial charge in [0.25, 0.3) is 0 Å². The zero-order valence-corrected chi connectivity index (χ0v) is 10.6. The second-order valence-corrected chi connectivity index (χ2v) is 4.85. The van der Waals surface area contributed by atoms with E-state index in [1.54, 1.807) is 4.57 Å². The number of imidazole rings is 1. The van der Waals surface area contributed by atoms with Gasteiger partial charge in [-0.25, -0.2) is 9.97 Å². The van der Waals surface area contributed by atoms with Crippen molar-refractivity contribution in [2.24, 2.45) is 0 Å². The highest BCUT2D eigenvalue weighted by Gasteiger charge is 2.43. The summed E-state index contributed by atoms with van der Waals surface area (Å²) in [7, 11) is 0. The van der Waals surface area contributed by atoms with Crippen molar-refractivity contribution in [2.45, 2.75) is 23.7 Å². The van der Waals surface area contributed by atoms with Gasteiger partial charge in [0, 0.05) is 0 Å². The van der Waals surface area contributed by atoms with Crippen LogP contribution in [0, 0.1) is 0 Å². The molecular formula is C10H12N4O4S. The Bertz CT molecular complexity index is 606. The molecule has 2 aromatic heterocycles. The highest BCUT2D eigenvalue weighted by molar-refractivity contribution is 7.81. The maximum atomic E-state index is 9.88. The predicted molar refractivity (Wildman–Crippen MR) is 66.8 cm³/mol. The summed E-state index contributed by atoms with van der Waals surface area (Å²) in [6.07, 6.45) is 0.402. The van der Waals surface area contributed by atoms with Gasteiger partial charge < -0.3 is 20.1 Å². The number of fused-ring (bicyclic) bond motifs is 1. The Morgan fingerprint density at radius 2 is 2.16 bits per heavy atom. The van der Waals surface area contributed by atoms with Crippen molar-refractivity contribution in [1.82, 2.24) is 19.5 Å². The third-order valence-electron chi connectivity index (χ3n) is 3.13. The van der Waals surface area contributed by atoms with E-state index < -0.39 is 23.7 Å². The molecule has 0 spiro atoms. The third-order valence-corrected chi connectivity index (χ3v) is 3.69. The molecule has 4 atom stereocenters. The Labute approximate surface area is 113 Å². The van der Waals surface area contributed by atoms with Gasteiger partial charge in [-0.15, -0.1) is 0 Å². The largest absolute Gasteiger partial charge is 0.492 e. The molecule has 1 aliphatic rings. The molecule has 1 fully saturated rings. The Balaban J connectivity index is 2.04. The molecule has 2 aromatic rings. The van der Waals surface area contributed by atoms with Crippen LogP contribution in [0.2, 0.25) is 0 Å². The minimum Gasteiger partial charge on any atom is -0.492 e. The summed E-state index contributed by atoms with van der Waals surface area (Å²) >= 11 is 4.29. The first kappa shape index (κ1) is 12.6. The molecule has 0 saturated carbocycles. The number of rotatable bonds is 2. The van der Waals surface area contributed by atoms with E-state index in [4.69, 9.17) is 9.84 Å². The van der Waals surface area contributed by atoms with E-state index in [1.807, 2.05) is 0 Å². The Kier molecular flexibility index (Phi) is 3.05. The average Bonchev–Trinajstić information content (AvgIpc) is 2.94. The van der Waals surface area contributed by atoms with E-state index in [2.05, 4.69) is 27.6 Å². The highest BCUT2D eigenvalue weighted by Crippen LogP contribution is 2.35. The number of hydrogen-bond donors (Lipinski definition) is 4. The fourth-order valence-corrected chi connectivity index (χ4v) is 2.54. The topological polar surface area (TPSA) is 114 Å². The standard InChI is InChI=1S/C10H12N4O4S/c15-1-4-6(16)7(19)10(18-4)14-3-13-5-8(14)11-2-12-9(5)17/h2-4,6-7,10,15-16,19H,1H2,(H,11,12,17)/t4-,6-,7-,10-/m1/s1. The van der Waals surface area contributed by atoms with Crippen LogP contribution in [0.1, 0.15) is 6.23 Å². The van der Waals surface area contributed by atoms with Crippen molar-refractivity contribution in [1.29, 1.82) is 0 Å². The van der Waals surface area contributed by atoms with Crippen molar-refractivity contribution >= 4 is 23.8 Å². The van der Waals surface area contributed by atoms with Gasteiger partial charge in [-0.1, -0.05) is 0 Å². The Hall–Kier alpha value is -1.42. The van der Waals surface area contributed by atoms with Crippen molar-refractivity contribution in [3.8, 4) is 5.88 Å². The van der Waals surface area contributed by atoms with E-state index >= 15 is 0 Å². The van der Waals surface area contributed by atoms with Crippen LogP contribution in [0.4, 0.5) is 0 Å². The number of hydrogen-bond acceptors (Lipinski definition) is 8. The van der Waals surface area contributed by atoms with Crippen molar-refractivity contribution < 1.29 is 20.1 Å². The highest BCUT2D eigenvalue weighted by atomic mass is 32.1.